The number of carbonyl (C=O) groups excluding carboxylic acids is 1. The second kappa shape index (κ2) is 8.15. The van der Waals surface area contributed by atoms with E-state index in [4.69, 9.17) is 11.6 Å². The molecule has 3 rings (SSSR count). The van der Waals surface area contributed by atoms with Gasteiger partial charge in [-0.3, -0.25) is 4.79 Å². The molecule has 0 heterocycles. The van der Waals surface area contributed by atoms with Crippen LogP contribution < -0.4 is 0 Å². The summed E-state index contributed by atoms with van der Waals surface area (Å²) in [5.41, 5.74) is 2.17. The Kier molecular flexibility index (Phi) is 5.69. The zero-order chi connectivity index (χ0) is 18.5. The minimum Gasteiger partial charge on any atom is -0.508 e. The van der Waals surface area contributed by atoms with E-state index in [9.17, 15) is 14.3 Å². The molecule has 0 aliphatic heterocycles. The number of rotatable bonds is 6. The van der Waals surface area contributed by atoms with Gasteiger partial charge in [-0.1, -0.05) is 60.7 Å². The average Bonchev–Trinajstić information content (AvgIpc) is 2.67. The van der Waals surface area contributed by atoms with Crippen molar-refractivity contribution in [2.24, 2.45) is 0 Å². The summed E-state index contributed by atoms with van der Waals surface area (Å²) in [5, 5.41) is 10.0. The molecule has 26 heavy (non-hydrogen) atoms. The number of benzene rings is 3. The molecule has 0 radical (unpaired) electrons. The fourth-order valence-electron chi connectivity index (χ4n) is 2.98. The number of Topliss-reactive ketones (excluding diaryl/α,β-unsaturated/α-hetero) is 1. The summed E-state index contributed by atoms with van der Waals surface area (Å²) in [6.45, 7) is 0. The summed E-state index contributed by atoms with van der Waals surface area (Å²) in [6.07, 6.45) is 0.374. The van der Waals surface area contributed by atoms with Crippen molar-refractivity contribution in [3.05, 3.63) is 101 Å². The predicted molar refractivity (Wildman–Crippen MR) is 101 cm³/mol. The van der Waals surface area contributed by atoms with Gasteiger partial charge < -0.3 is 5.11 Å². The Balaban J connectivity index is 2.01. The van der Waals surface area contributed by atoms with E-state index in [2.05, 4.69) is 0 Å². The second-order valence-electron chi connectivity index (χ2n) is 6.11. The summed E-state index contributed by atoms with van der Waals surface area (Å²) in [5.74, 6) is -1.21. The van der Waals surface area contributed by atoms with Gasteiger partial charge in [-0.05, 0) is 29.7 Å². The third-order valence-corrected chi connectivity index (χ3v) is 4.68. The number of hydrogen-bond donors (Lipinski definition) is 1. The molecular formula is C22H18ClFO2. The van der Waals surface area contributed by atoms with Gasteiger partial charge in [0, 0.05) is 11.1 Å². The van der Waals surface area contributed by atoms with Gasteiger partial charge in [0.05, 0.1) is 11.8 Å². The van der Waals surface area contributed by atoms with E-state index in [1.165, 1.54) is 12.1 Å². The Hall–Kier alpha value is -2.65. The molecule has 0 aliphatic rings. The maximum absolute atomic E-state index is 14.4. The molecule has 0 fully saturated rings. The zero-order valence-corrected chi connectivity index (χ0v) is 14.8. The van der Waals surface area contributed by atoms with E-state index in [-0.39, 0.29) is 17.4 Å². The maximum Gasteiger partial charge on any atom is 0.170 e. The molecule has 4 heteroatoms. The summed E-state index contributed by atoms with van der Waals surface area (Å²) in [7, 11) is 0. The van der Waals surface area contributed by atoms with Crippen LogP contribution in [-0.2, 0) is 12.3 Å². The quantitative estimate of drug-likeness (QED) is 0.462. The molecule has 2 nitrogen and oxygen atoms in total. The van der Waals surface area contributed by atoms with Crippen molar-refractivity contribution < 1.29 is 14.3 Å². The van der Waals surface area contributed by atoms with Crippen molar-refractivity contribution in [3.8, 4) is 5.75 Å². The molecule has 0 aromatic heterocycles. The highest BCUT2D eigenvalue weighted by Crippen LogP contribution is 2.29. The molecule has 0 saturated carbocycles. The van der Waals surface area contributed by atoms with Crippen LogP contribution in [0, 0.1) is 5.82 Å². The maximum atomic E-state index is 14.4. The largest absolute Gasteiger partial charge is 0.508 e. The van der Waals surface area contributed by atoms with Crippen LogP contribution >= 0.6 is 11.6 Å². The first-order valence-electron chi connectivity index (χ1n) is 8.30. The molecule has 1 atom stereocenters. The van der Waals surface area contributed by atoms with Gasteiger partial charge in [-0.25, -0.2) is 4.39 Å². The summed E-state index contributed by atoms with van der Waals surface area (Å²) < 4.78 is 14.4. The smallest absolute Gasteiger partial charge is 0.170 e. The molecule has 132 valence electrons. The fourth-order valence-corrected chi connectivity index (χ4v) is 3.21. The molecule has 3 aromatic rings. The van der Waals surface area contributed by atoms with E-state index in [1.54, 1.807) is 30.3 Å². The Bertz CT molecular complexity index is 909. The Morgan fingerprint density at radius 3 is 2.35 bits per heavy atom. The third kappa shape index (κ3) is 3.94. The van der Waals surface area contributed by atoms with Gasteiger partial charge in [-0.15, -0.1) is 11.6 Å². The third-order valence-electron chi connectivity index (χ3n) is 4.39. The number of phenols is 1. The van der Waals surface area contributed by atoms with Crippen molar-refractivity contribution in [2.75, 3.05) is 0 Å². The highest BCUT2D eigenvalue weighted by Gasteiger charge is 2.25. The molecular weight excluding hydrogens is 351 g/mol. The molecule has 0 amide bonds. The monoisotopic (exact) mass is 368 g/mol. The molecule has 0 spiro atoms. The van der Waals surface area contributed by atoms with Crippen molar-refractivity contribution in [3.63, 3.8) is 0 Å². The van der Waals surface area contributed by atoms with Crippen molar-refractivity contribution >= 4 is 17.4 Å². The summed E-state index contributed by atoms with van der Waals surface area (Å²) in [6, 6.07) is 20.5. The van der Waals surface area contributed by atoms with Crippen LogP contribution in [0.15, 0.2) is 72.8 Å². The molecule has 3 aromatic carbocycles. The molecule has 0 aliphatic carbocycles. The Morgan fingerprint density at radius 2 is 1.69 bits per heavy atom. The van der Waals surface area contributed by atoms with E-state index in [0.717, 1.165) is 5.56 Å². The van der Waals surface area contributed by atoms with Crippen LogP contribution in [0.1, 0.15) is 33.0 Å². The number of aromatic hydroxyl groups is 1. The highest BCUT2D eigenvalue weighted by molar-refractivity contribution is 6.17. The first-order valence-corrected chi connectivity index (χ1v) is 8.84. The SMILES string of the molecule is O=C(c1ccc(CCl)c(O)c1)C(Cc1ccccc1)c1ccccc1F. The molecule has 0 bridgehead atoms. The zero-order valence-electron chi connectivity index (χ0n) is 14.0. The van der Waals surface area contributed by atoms with Crippen molar-refractivity contribution in [1.29, 1.82) is 0 Å². The number of ketones is 1. The minimum atomic E-state index is -0.681. The average molecular weight is 369 g/mol. The van der Waals surface area contributed by atoms with Gasteiger partial charge in [-0.2, -0.15) is 0 Å². The number of phenolic OH excluding ortho intramolecular Hbond substituents is 1. The van der Waals surface area contributed by atoms with Gasteiger partial charge in [0.1, 0.15) is 11.6 Å². The number of hydrogen-bond acceptors (Lipinski definition) is 2. The molecule has 1 unspecified atom stereocenters. The summed E-state index contributed by atoms with van der Waals surface area (Å²) >= 11 is 5.76. The summed E-state index contributed by atoms with van der Waals surface area (Å²) in [4.78, 5) is 13.1. The van der Waals surface area contributed by atoms with Gasteiger partial charge in [0.15, 0.2) is 5.78 Å². The first-order chi connectivity index (χ1) is 12.6. The normalized spacial score (nSPS) is 11.9. The van der Waals surface area contributed by atoms with Crippen LogP contribution in [0.5, 0.6) is 5.75 Å². The second-order valence-corrected chi connectivity index (χ2v) is 6.37. The van der Waals surface area contributed by atoms with E-state index in [1.807, 2.05) is 30.3 Å². The number of halogens is 2. The van der Waals surface area contributed by atoms with Crippen molar-refractivity contribution in [2.45, 2.75) is 18.2 Å². The van der Waals surface area contributed by atoms with Gasteiger partial charge in [0.25, 0.3) is 0 Å². The Morgan fingerprint density at radius 1 is 1.00 bits per heavy atom. The van der Waals surface area contributed by atoms with Gasteiger partial charge >= 0.3 is 0 Å². The Labute approximate surface area is 156 Å². The lowest BCUT2D eigenvalue weighted by Gasteiger charge is -2.18. The van der Waals surface area contributed by atoms with Crippen LogP contribution in [0.4, 0.5) is 4.39 Å². The first kappa shape index (κ1) is 18.2. The lowest BCUT2D eigenvalue weighted by Crippen LogP contribution is -2.17. The van der Waals surface area contributed by atoms with E-state index >= 15 is 0 Å². The van der Waals surface area contributed by atoms with E-state index in [0.29, 0.717) is 23.1 Å². The topological polar surface area (TPSA) is 37.3 Å². The highest BCUT2D eigenvalue weighted by atomic mass is 35.5. The van der Waals surface area contributed by atoms with Crippen molar-refractivity contribution in [1.82, 2.24) is 0 Å². The fraction of sp³-hybridized carbons (Fsp3) is 0.136. The molecule has 1 N–H and O–H groups in total. The lowest BCUT2D eigenvalue weighted by atomic mass is 9.85. The van der Waals surface area contributed by atoms with Crippen LogP contribution in [0.3, 0.4) is 0 Å². The van der Waals surface area contributed by atoms with Crippen LogP contribution in [-0.4, -0.2) is 10.9 Å². The minimum absolute atomic E-state index is 0.0298. The predicted octanol–water partition coefficient (Wildman–Crippen LogP) is 5.48. The standard InChI is InChI=1S/C22H18ClFO2/c23-14-17-11-10-16(13-21(17)25)22(26)19(12-15-6-2-1-3-7-15)18-8-4-5-9-20(18)24/h1-11,13,19,25H,12,14H2. The molecule has 0 saturated heterocycles. The number of carbonyl (C=O) groups is 1. The lowest BCUT2D eigenvalue weighted by molar-refractivity contribution is 0.0956. The van der Waals surface area contributed by atoms with Crippen LogP contribution in [0.25, 0.3) is 0 Å². The van der Waals surface area contributed by atoms with Gasteiger partial charge in [0.2, 0.25) is 0 Å². The van der Waals surface area contributed by atoms with Crippen LogP contribution in [0.2, 0.25) is 0 Å². The van der Waals surface area contributed by atoms with E-state index < -0.39 is 11.7 Å². The number of alkyl halides is 1.